The molecule has 3 aliphatic rings. The first kappa shape index (κ1) is 7.77. The second-order valence-electron chi connectivity index (χ2n) is 3.84. The molecule has 3 rings (SSSR count). The molecule has 3 aliphatic carbocycles. The molecular formula is C9H12O3. The van der Waals surface area contributed by atoms with E-state index in [0.717, 1.165) is 12.8 Å². The molecule has 3 heteroatoms. The predicted octanol–water partition coefficient (Wildman–Crippen LogP) is 0.919. The molecule has 0 saturated heterocycles. The van der Waals surface area contributed by atoms with E-state index in [4.69, 9.17) is 4.74 Å². The van der Waals surface area contributed by atoms with Crippen LogP contribution in [-0.2, 0) is 14.3 Å². The van der Waals surface area contributed by atoms with Crippen LogP contribution >= 0.6 is 0 Å². The molecule has 3 fully saturated rings. The van der Waals surface area contributed by atoms with E-state index in [-0.39, 0.29) is 17.3 Å². The molecule has 0 aromatic rings. The zero-order valence-corrected chi connectivity index (χ0v) is 7.13. The number of carbonyl (C=O) groups excluding carboxylic acids is 2. The van der Waals surface area contributed by atoms with Crippen LogP contribution in [0.1, 0.15) is 25.7 Å². The largest absolute Gasteiger partial charge is 0.469 e. The summed E-state index contributed by atoms with van der Waals surface area (Å²) in [7, 11) is 1.42. The Bertz CT molecular complexity index is 233. The van der Waals surface area contributed by atoms with Gasteiger partial charge in [-0.25, -0.2) is 0 Å². The van der Waals surface area contributed by atoms with Gasteiger partial charge >= 0.3 is 5.97 Å². The van der Waals surface area contributed by atoms with Gasteiger partial charge in [0.15, 0.2) is 0 Å². The third-order valence-electron chi connectivity index (χ3n) is 3.20. The van der Waals surface area contributed by atoms with E-state index >= 15 is 0 Å². The number of carbonyl (C=O) groups is 2. The molecule has 0 unspecified atom stereocenters. The molecule has 0 amide bonds. The minimum atomic E-state index is -0.271. The third-order valence-corrected chi connectivity index (χ3v) is 3.20. The maximum absolute atomic E-state index is 11.3. The quantitative estimate of drug-likeness (QED) is 0.547. The highest BCUT2D eigenvalue weighted by molar-refractivity contribution is 5.90. The van der Waals surface area contributed by atoms with Crippen LogP contribution in [0.5, 0.6) is 0 Å². The average Bonchev–Trinajstić information content (AvgIpc) is 2.02. The number of hydrogen-bond donors (Lipinski definition) is 0. The Morgan fingerprint density at radius 3 is 2.67 bits per heavy atom. The van der Waals surface area contributed by atoms with Crippen LogP contribution in [0.3, 0.4) is 0 Å². The second-order valence-corrected chi connectivity index (χ2v) is 3.84. The van der Waals surface area contributed by atoms with Crippen molar-refractivity contribution in [2.24, 2.45) is 11.3 Å². The monoisotopic (exact) mass is 168 g/mol. The summed E-state index contributed by atoms with van der Waals surface area (Å²) in [4.78, 5) is 22.4. The van der Waals surface area contributed by atoms with Crippen molar-refractivity contribution in [3.63, 3.8) is 0 Å². The third kappa shape index (κ3) is 0.822. The minimum absolute atomic E-state index is 0.119. The van der Waals surface area contributed by atoms with Gasteiger partial charge in [-0.05, 0) is 19.3 Å². The minimum Gasteiger partial charge on any atom is -0.469 e. The van der Waals surface area contributed by atoms with Crippen molar-refractivity contribution < 1.29 is 14.3 Å². The van der Waals surface area contributed by atoms with Crippen molar-refractivity contribution in [2.75, 3.05) is 7.11 Å². The Hall–Kier alpha value is -0.860. The Morgan fingerprint density at radius 2 is 2.25 bits per heavy atom. The van der Waals surface area contributed by atoms with Gasteiger partial charge in [-0.1, -0.05) is 0 Å². The standard InChI is InChI=1S/C9H12O3/c1-12-8(11)9-3-2-7(10)6(4-9)5-9/h6H,2-5H2,1H3. The molecular weight excluding hydrogens is 156 g/mol. The van der Waals surface area contributed by atoms with Crippen molar-refractivity contribution in [2.45, 2.75) is 25.7 Å². The highest BCUT2D eigenvalue weighted by Gasteiger charge is 2.56. The fourth-order valence-electron chi connectivity index (χ4n) is 2.37. The van der Waals surface area contributed by atoms with Crippen LogP contribution in [0.4, 0.5) is 0 Å². The number of fused-ring (bicyclic) bond motifs is 2. The Labute approximate surface area is 71.1 Å². The van der Waals surface area contributed by atoms with Gasteiger partial charge < -0.3 is 4.74 Å². The molecule has 0 aromatic heterocycles. The van der Waals surface area contributed by atoms with E-state index in [2.05, 4.69) is 0 Å². The van der Waals surface area contributed by atoms with E-state index in [0.29, 0.717) is 18.6 Å². The lowest BCUT2D eigenvalue weighted by Crippen LogP contribution is -2.51. The van der Waals surface area contributed by atoms with Gasteiger partial charge in [0, 0.05) is 12.3 Å². The van der Waals surface area contributed by atoms with E-state index in [1.54, 1.807) is 0 Å². The fraction of sp³-hybridized carbons (Fsp3) is 0.778. The smallest absolute Gasteiger partial charge is 0.311 e. The van der Waals surface area contributed by atoms with Crippen LogP contribution in [0.15, 0.2) is 0 Å². The summed E-state index contributed by atoms with van der Waals surface area (Å²) in [6.07, 6.45) is 2.74. The van der Waals surface area contributed by atoms with Crippen LogP contribution < -0.4 is 0 Å². The van der Waals surface area contributed by atoms with Gasteiger partial charge in [-0.2, -0.15) is 0 Å². The molecule has 0 spiro atoms. The lowest BCUT2D eigenvalue weighted by Gasteiger charge is -2.48. The van der Waals surface area contributed by atoms with Gasteiger partial charge in [0.25, 0.3) is 0 Å². The highest BCUT2D eigenvalue weighted by Crippen LogP contribution is 2.54. The zero-order valence-electron chi connectivity index (χ0n) is 7.13. The summed E-state index contributed by atoms with van der Waals surface area (Å²) in [5, 5.41) is 0. The SMILES string of the molecule is COC(=O)C12CCC(=O)C(C1)C2. The Balaban J connectivity index is 2.10. The van der Waals surface area contributed by atoms with Crippen LogP contribution in [0.25, 0.3) is 0 Å². The summed E-state index contributed by atoms with van der Waals surface area (Å²) in [6.45, 7) is 0. The molecule has 66 valence electrons. The summed E-state index contributed by atoms with van der Waals surface area (Å²) in [6, 6.07) is 0. The van der Waals surface area contributed by atoms with Gasteiger partial charge in [0.2, 0.25) is 0 Å². The molecule has 12 heavy (non-hydrogen) atoms. The van der Waals surface area contributed by atoms with E-state index in [9.17, 15) is 9.59 Å². The summed E-state index contributed by atoms with van der Waals surface area (Å²) in [5.74, 6) is 0.380. The van der Waals surface area contributed by atoms with E-state index in [1.807, 2.05) is 0 Å². The summed E-state index contributed by atoms with van der Waals surface area (Å²) in [5.41, 5.74) is -0.271. The molecule has 3 nitrogen and oxygen atoms in total. The number of hydrogen-bond acceptors (Lipinski definition) is 3. The molecule has 0 N–H and O–H groups in total. The zero-order chi connectivity index (χ0) is 8.77. The number of Topliss-reactive ketones (excluding diaryl/α,β-unsaturated/α-hetero) is 1. The number of methoxy groups -OCH3 is 1. The van der Waals surface area contributed by atoms with Crippen molar-refractivity contribution in [1.82, 2.24) is 0 Å². The summed E-state index contributed by atoms with van der Waals surface area (Å²) >= 11 is 0. The maximum Gasteiger partial charge on any atom is 0.311 e. The van der Waals surface area contributed by atoms with Gasteiger partial charge in [0.05, 0.1) is 12.5 Å². The topological polar surface area (TPSA) is 43.4 Å². The van der Waals surface area contributed by atoms with Crippen LogP contribution in [0.2, 0.25) is 0 Å². The lowest BCUT2D eigenvalue weighted by atomic mass is 9.54. The highest BCUT2D eigenvalue weighted by atomic mass is 16.5. The number of ketones is 1. The van der Waals surface area contributed by atoms with Gasteiger partial charge in [-0.15, -0.1) is 0 Å². The molecule has 2 bridgehead atoms. The molecule has 0 heterocycles. The number of ether oxygens (including phenoxy) is 1. The van der Waals surface area contributed by atoms with Crippen molar-refractivity contribution in [3.8, 4) is 0 Å². The van der Waals surface area contributed by atoms with E-state index in [1.165, 1.54) is 7.11 Å². The van der Waals surface area contributed by atoms with Crippen LogP contribution in [-0.4, -0.2) is 18.9 Å². The number of esters is 1. The van der Waals surface area contributed by atoms with Crippen molar-refractivity contribution in [3.05, 3.63) is 0 Å². The van der Waals surface area contributed by atoms with E-state index < -0.39 is 0 Å². The molecule has 0 radical (unpaired) electrons. The first-order chi connectivity index (χ1) is 5.68. The first-order valence-electron chi connectivity index (χ1n) is 4.29. The summed E-state index contributed by atoms with van der Waals surface area (Å²) < 4.78 is 4.72. The normalized spacial score (nSPS) is 38.8. The van der Waals surface area contributed by atoms with Gasteiger partial charge in [0.1, 0.15) is 5.78 Å². The lowest BCUT2D eigenvalue weighted by molar-refractivity contribution is -0.170. The molecule has 0 atom stereocenters. The first-order valence-corrected chi connectivity index (χ1v) is 4.29. The maximum atomic E-state index is 11.3. The second kappa shape index (κ2) is 2.31. The van der Waals surface area contributed by atoms with Crippen LogP contribution in [0, 0.1) is 11.3 Å². The molecule has 0 aromatic carbocycles. The Morgan fingerprint density at radius 1 is 1.58 bits per heavy atom. The Kier molecular flexibility index (Phi) is 1.50. The predicted molar refractivity (Wildman–Crippen MR) is 41.4 cm³/mol. The average molecular weight is 168 g/mol. The van der Waals surface area contributed by atoms with Crippen molar-refractivity contribution >= 4 is 11.8 Å². The van der Waals surface area contributed by atoms with Crippen molar-refractivity contribution in [1.29, 1.82) is 0 Å². The fourth-order valence-corrected chi connectivity index (χ4v) is 2.37. The van der Waals surface area contributed by atoms with Gasteiger partial charge in [-0.3, -0.25) is 9.59 Å². The number of rotatable bonds is 1. The molecule has 3 saturated carbocycles. The molecule has 0 aliphatic heterocycles.